The third-order valence-corrected chi connectivity index (χ3v) is 4.53. The molecule has 0 aromatic carbocycles. The summed E-state index contributed by atoms with van der Waals surface area (Å²) in [6, 6.07) is 2.08. The van der Waals surface area contributed by atoms with Crippen LogP contribution in [0.3, 0.4) is 0 Å². The van der Waals surface area contributed by atoms with Crippen LogP contribution in [0.25, 0.3) is 0 Å². The molecule has 1 unspecified atom stereocenters. The first kappa shape index (κ1) is 11.6. The molecule has 1 aromatic heterocycles. The van der Waals surface area contributed by atoms with E-state index in [1.807, 2.05) is 0 Å². The molecule has 0 amide bonds. The molecule has 1 saturated carbocycles. The van der Waals surface area contributed by atoms with E-state index in [0.717, 1.165) is 17.3 Å². The van der Waals surface area contributed by atoms with Gasteiger partial charge in [-0.05, 0) is 40.8 Å². The van der Waals surface area contributed by atoms with Gasteiger partial charge in [0, 0.05) is 28.3 Å². The zero-order valence-electron chi connectivity index (χ0n) is 8.70. The Bertz CT molecular complexity index is 335. The van der Waals surface area contributed by atoms with Crippen molar-refractivity contribution in [3.63, 3.8) is 0 Å². The summed E-state index contributed by atoms with van der Waals surface area (Å²) in [7, 11) is 1.65. The predicted octanol–water partition coefficient (Wildman–Crippen LogP) is 2.84. The van der Waals surface area contributed by atoms with Gasteiger partial charge in [-0.25, -0.2) is 0 Å². The molecular formula is C11H15BrO2S. The van der Waals surface area contributed by atoms with Crippen LogP contribution in [0.15, 0.2) is 15.9 Å². The Balaban J connectivity index is 2.06. The molecule has 0 bridgehead atoms. The Morgan fingerprint density at radius 1 is 1.67 bits per heavy atom. The Hall–Kier alpha value is 0.1000. The first-order valence-corrected chi connectivity index (χ1v) is 6.75. The van der Waals surface area contributed by atoms with E-state index in [1.54, 1.807) is 18.4 Å². The topological polar surface area (TPSA) is 29.5 Å². The lowest BCUT2D eigenvalue weighted by molar-refractivity contribution is -0.0469. The van der Waals surface area contributed by atoms with Crippen LogP contribution in [0.2, 0.25) is 0 Å². The number of hydrogen-bond acceptors (Lipinski definition) is 3. The summed E-state index contributed by atoms with van der Waals surface area (Å²) in [5, 5.41) is 12.5. The fraction of sp³-hybridized carbons (Fsp3) is 0.636. The molecule has 1 heterocycles. The number of aliphatic hydroxyl groups is 1. The molecule has 0 aliphatic heterocycles. The van der Waals surface area contributed by atoms with E-state index in [4.69, 9.17) is 4.74 Å². The van der Waals surface area contributed by atoms with Gasteiger partial charge in [0.1, 0.15) is 0 Å². The van der Waals surface area contributed by atoms with Crippen LogP contribution in [-0.2, 0) is 11.2 Å². The molecule has 84 valence electrons. The molecule has 1 aliphatic carbocycles. The SMILES string of the molecule is COCC(O)(Cc1cc(Br)cs1)C1CC1. The zero-order valence-corrected chi connectivity index (χ0v) is 11.1. The van der Waals surface area contributed by atoms with Crippen molar-refractivity contribution in [1.29, 1.82) is 0 Å². The largest absolute Gasteiger partial charge is 0.387 e. The molecule has 1 atom stereocenters. The normalized spacial score (nSPS) is 20.2. The summed E-state index contributed by atoms with van der Waals surface area (Å²) in [6.45, 7) is 0.438. The molecule has 1 aliphatic rings. The molecule has 0 saturated heterocycles. The van der Waals surface area contributed by atoms with Crippen molar-refractivity contribution in [3.8, 4) is 0 Å². The molecular weight excluding hydrogens is 276 g/mol. The molecule has 2 nitrogen and oxygen atoms in total. The number of hydrogen-bond donors (Lipinski definition) is 1. The summed E-state index contributed by atoms with van der Waals surface area (Å²) in [5.74, 6) is 0.429. The molecule has 4 heteroatoms. The van der Waals surface area contributed by atoms with Gasteiger partial charge in [0.15, 0.2) is 0 Å². The van der Waals surface area contributed by atoms with Crippen LogP contribution >= 0.6 is 27.3 Å². The van der Waals surface area contributed by atoms with Crippen molar-refractivity contribution < 1.29 is 9.84 Å². The van der Waals surface area contributed by atoms with Crippen LogP contribution in [0.1, 0.15) is 17.7 Å². The maximum Gasteiger partial charge on any atom is 0.0955 e. The number of ether oxygens (including phenoxy) is 1. The van der Waals surface area contributed by atoms with Crippen molar-refractivity contribution in [3.05, 3.63) is 20.8 Å². The lowest BCUT2D eigenvalue weighted by atomic mass is 9.94. The quantitative estimate of drug-likeness (QED) is 0.904. The lowest BCUT2D eigenvalue weighted by Crippen LogP contribution is -2.38. The predicted molar refractivity (Wildman–Crippen MR) is 65.3 cm³/mol. The fourth-order valence-corrected chi connectivity index (χ4v) is 3.50. The zero-order chi connectivity index (χ0) is 10.9. The molecule has 1 N–H and O–H groups in total. The number of thiophene rings is 1. The van der Waals surface area contributed by atoms with E-state index in [9.17, 15) is 5.11 Å². The minimum Gasteiger partial charge on any atom is -0.387 e. The van der Waals surface area contributed by atoms with E-state index in [1.165, 1.54) is 4.88 Å². The van der Waals surface area contributed by atoms with Crippen LogP contribution in [-0.4, -0.2) is 24.4 Å². The van der Waals surface area contributed by atoms with Crippen LogP contribution in [0, 0.1) is 5.92 Å². The van der Waals surface area contributed by atoms with Gasteiger partial charge in [-0.1, -0.05) is 0 Å². The summed E-state index contributed by atoms with van der Waals surface area (Å²) in [6.07, 6.45) is 2.97. The fourth-order valence-electron chi connectivity index (χ4n) is 1.93. The van der Waals surface area contributed by atoms with Gasteiger partial charge in [0.2, 0.25) is 0 Å². The second kappa shape index (κ2) is 4.53. The molecule has 0 spiro atoms. The minimum absolute atomic E-state index is 0.429. The average molecular weight is 291 g/mol. The third kappa shape index (κ3) is 2.81. The van der Waals surface area contributed by atoms with Gasteiger partial charge < -0.3 is 9.84 Å². The maximum absolute atomic E-state index is 10.5. The molecule has 15 heavy (non-hydrogen) atoms. The van der Waals surface area contributed by atoms with Crippen LogP contribution in [0.4, 0.5) is 0 Å². The van der Waals surface area contributed by atoms with Gasteiger partial charge in [-0.2, -0.15) is 0 Å². The second-order valence-electron chi connectivity index (χ2n) is 4.22. The molecule has 0 radical (unpaired) electrons. The van der Waals surface area contributed by atoms with Crippen LogP contribution in [0.5, 0.6) is 0 Å². The monoisotopic (exact) mass is 290 g/mol. The van der Waals surface area contributed by atoms with Crippen molar-refractivity contribution >= 4 is 27.3 Å². The van der Waals surface area contributed by atoms with Crippen LogP contribution < -0.4 is 0 Å². The van der Waals surface area contributed by atoms with E-state index < -0.39 is 5.60 Å². The third-order valence-electron chi connectivity index (χ3n) is 2.83. The van der Waals surface area contributed by atoms with E-state index in [2.05, 4.69) is 27.4 Å². The molecule has 1 fully saturated rings. The highest BCUT2D eigenvalue weighted by atomic mass is 79.9. The van der Waals surface area contributed by atoms with E-state index in [-0.39, 0.29) is 0 Å². The van der Waals surface area contributed by atoms with Crippen molar-refractivity contribution in [2.45, 2.75) is 24.9 Å². The Labute approximate surface area is 102 Å². The van der Waals surface area contributed by atoms with E-state index >= 15 is 0 Å². The Morgan fingerprint density at radius 2 is 2.40 bits per heavy atom. The van der Waals surface area contributed by atoms with Gasteiger partial charge in [-0.3, -0.25) is 0 Å². The number of rotatable bonds is 5. The first-order valence-electron chi connectivity index (χ1n) is 5.08. The van der Waals surface area contributed by atoms with Crippen molar-refractivity contribution in [2.24, 2.45) is 5.92 Å². The smallest absolute Gasteiger partial charge is 0.0955 e. The van der Waals surface area contributed by atoms with Crippen molar-refractivity contribution in [2.75, 3.05) is 13.7 Å². The molecule has 1 aromatic rings. The summed E-state index contributed by atoms with van der Waals surface area (Å²) < 4.78 is 6.23. The molecule has 2 rings (SSSR count). The lowest BCUT2D eigenvalue weighted by Gasteiger charge is -2.26. The van der Waals surface area contributed by atoms with Gasteiger partial charge in [0.25, 0.3) is 0 Å². The second-order valence-corrected chi connectivity index (χ2v) is 6.13. The Kier molecular flexibility index (Phi) is 3.50. The van der Waals surface area contributed by atoms with Gasteiger partial charge in [0.05, 0.1) is 12.2 Å². The van der Waals surface area contributed by atoms with Crippen molar-refractivity contribution in [1.82, 2.24) is 0 Å². The van der Waals surface area contributed by atoms with Gasteiger partial charge in [-0.15, -0.1) is 11.3 Å². The first-order chi connectivity index (χ1) is 7.14. The minimum atomic E-state index is -0.654. The maximum atomic E-state index is 10.5. The number of methoxy groups -OCH3 is 1. The standard InChI is InChI=1S/C11H15BrO2S/c1-14-7-11(13,8-2-3-8)5-10-4-9(12)6-15-10/h4,6,8,13H,2-3,5,7H2,1H3. The average Bonchev–Trinajstić information content (AvgIpc) is 2.93. The summed E-state index contributed by atoms with van der Waals surface area (Å²) >= 11 is 5.11. The summed E-state index contributed by atoms with van der Waals surface area (Å²) in [4.78, 5) is 1.22. The number of halogens is 1. The van der Waals surface area contributed by atoms with Gasteiger partial charge >= 0.3 is 0 Å². The highest BCUT2D eigenvalue weighted by molar-refractivity contribution is 9.10. The highest BCUT2D eigenvalue weighted by Crippen LogP contribution is 2.42. The summed E-state index contributed by atoms with van der Waals surface area (Å²) in [5.41, 5.74) is -0.654. The van der Waals surface area contributed by atoms with E-state index in [0.29, 0.717) is 18.9 Å². The highest BCUT2D eigenvalue weighted by Gasteiger charge is 2.44. The Morgan fingerprint density at radius 3 is 2.87 bits per heavy atom.